The maximum atomic E-state index is 15.5. The lowest BCUT2D eigenvalue weighted by atomic mass is 9.83. The monoisotopic (exact) mass is 713 g/mol. The largest absolute Gasteiger partial charge is 0.453 e. The average Bonchev–Trinajstić information content (AvgIpc) is 3.11. The topological polar surface area (TPSA) is 139 Å². The van der Waals surface area contributed by atoms with Gasteiger partial charge in [-0.2, -0.15) is 8.78 Å². The quantitative estimate of drug-likeness (QED) is 0.182. The molecule has 3 N–H and O–H groups in total. The van der Waals surface area contributed by atoms with E-state index in [9.17, 15) is 19.2 Å². The Morgan fingerprint density at radius 2 is 1.78 bits per heavy atom. The van der Waals surface area contributed by atoms with Crippen molar-refractivity contribution in [3.8, 4) is 0 Å². The highest BCUT2D eigenvalue weighted by atomic mass is 35.5. The first-order chi connectivity index (χ1) is 23.6. The predicted octanol–water partition coefficient (Wildman–Crippen LogP) is 4.17. The number of nitrogens with one attached hydrogen (secondary N) is 3. The molecule has 1 aromatic rings. The van der Waals surface area contributed by atoms with Gasteiger partial charge in [0.15, 0.2) is 0 Å². The van der Waals surface area contributed by atoms with Gasteiger partial charge in [0.2, 0.25) is 5.78 Å². The van der Waals surface area contributed by atoms with E-state index in [2.05, 4.69) is 20.7 Å². The fourth-order valence-corrected chi connectivity index (χ4v) is 7.06. The first-order valence-electron chi connectivity index (χ1n) is 17.3. The molecule has 4 rings (SSSR count). The smallest absolute Gasteiger partial charge is 0.406 e. The van der Waals surface area contributed by atoms with Crippen LogP contribution in [-0.2, 0) is 23.8 Å². The number of benzene rings is 1. The molecule has 3 aliphatic rings. The molecule has 2 aliphatic heterocycles. The van der Waals surface area contributed by atoms with Crippen LogP contribution < -0.4 is 16.0 Å². The second-order valence-electron chi connectivity index (χ2n) is 13.0. The van der Waals surface area contributed by atoms with Crippen LogP contribution in [0, 0.1) is 11.8 Å². The third-order valence-corrected chi connectivity index (χ3v) is 9.76. The molecule has 49 heavy (non-hydrogen) atoms. The molecule has 3 fully saturated rings. The zero-order chi connectivity index (χ0) is 35.2. The Bertz CT molecular complexity index is 1250. The Labute approximate surface area is 291 Å². The molecule has 0 bridgehead atoms. The summed E-state index contributed by atoms with van der Waals surface area (Å²) in [5, 5.41) is 7.93. The number of alkyl carbamates (subject to hydrolysis) is 1. The Balaban J connectivity index is 1.42. The van der Waals surface area contributed by atoms with E-state index in [1.807, 2.05) is 11.0 Å². The Kier molecular flexibility index (Phi) is 15.3. The molecule has 2 saturated heterocycles. The second-order valence-corrected chi connectivity index (χ2v) is 13.4. The van der Waals surface area contributed by atoms with Crippen molar-refractivity contribution in [1.82, 2.24) is 25.8 Å². The zero-order valence-electron chi connectivity index (χ0n) is 28.2. The van der Waals surface area contributed by atoms with Gasteiger partial charge in [-0.15, -0.1) is 0 Å². The molecule has 0 radical (unpaired) electrons. The number of piperidine rings is 1. The van der Waals surface area contributed by atoms with Crippen molar-refractivity contribution < 1.29 is 42.2 Å². The number of alkyl halides is 2. The van der Waals surface area contributed by atoms with E-state index in [4.69, 9.17) is 21.1 Å². The molecule has 0 aromatic heterocycles. The molecule has 1 aliphatic carbocycles. The molecule has 0 unspecified atom stereocenters. The fourth-order valence-electron chi connectivity index (χ4n) is 6.86. The van der Waals surface area contributed by atoms with Gasteiger partial charge in [0, 0.05) is 56.8 Å². The molecule has 274 valence electrons. The van der Waals surface area contributed by atoms with Crippen LogP contribution in [-0.4, -0.2) is 118 Å². The molecule has 1 aromatic carbocycles. The number of hydrogen-bond acceptors (Lipinski definition) is 8. The molecule has 12 nitrogen and oxygen atoms in total. The normalized spacial score (nSPS) is 20.6. The standard InChI is InChI=1S/C34H50ClF2N5O7/c1-47-33(46)39-13-18-49-29(25-9-5-11-27(35)22-25)26-10-6-14-42(23-26)32(45)40-28(21-24-7-3-2-4-8-24)30(43)34(36,37)31(44)38-12-15-41-16-19-48-20-17-41/h5,9,11,22,24,26,28-29H,2-4,6-8,10,12-21,23H2,1H3,(H,38,44)(H,39,46)(H,40,45)/t26-,28+,29+/m1/s1. The molecule has 2 heterocycles. The summed E-state index contributed by atoms with van der Waals surface area (Å²) >= 11 is 6.29. The molecular formula is C34H50ClF2N5O7. The first-order valence-corrected chi connectivity index (χ1v) is 17.7. The fraction of sp³-hybridized carbons (Fsp3) is 0.706. The van der Waals surface area contributed by atoms with Crippen molar-refractivity contribution in [2.45, 2.75) is 69.4 Å². The summed E-state index contributed by atoms with van der Waals surface area (Å²) in [6, 6.07) is 5.03. The number of methoxy groups -OCH3 is 1. The summed E-state index contributed by atoms with van der Waals surface area (Å²) in [4.78, 5) is 54.8. The highest BCUT2D eigenvalue weighted by Gasteiger charge is 2.51. The number of ether oxygens (including phenoxy) is 3. The summed E-state index contributed by atoms with van der Waals surface area (Å²) in [6.45, 7) is 3.61. The Hall–Kier alpha value is -3.07. The SMILES string of the molecule is COC(=O)NCCO[C@@H](c1cccc(Cl)c1)[C@@H]1CCCN(C(=O)N[C@@H](CC2CCCCC2)C(=O)C(F)(F)C(=O)NCCN2CCOCC2)C1. The number of Topliss-reactive ketones (excluding diaryl/α,β-unsaturated/α-hetero) is 1. The summed E-state index contributed by atoms with van der Waals surface area (Å²) < 4.78 is 47.0. The van der Waals surface area contributed by atoms with Gasteiger partial charge in [0.25, 0.3) is 5.91 Å². The van der Waals surface area contributed by atoms with Gasteiger partial charge in [-0.25, -0.2) is 9.59 Å². The highest BCUT2D eigenvalue weighted by Crippen LogP contribution is 2.34. The van der Waals surface area contributed by atoms with E-state index in [0.717, 1.165) is 37.7 Å². The van der Waals surface area contributed by atoms with E-state index in [-0.39, 0.29) is 44.5 Å². The number of halogens is 3. The number of rotatable bonds is 15. The van der Waals surface area contributed by atoms with Crippen molar-refractivity contribution in [3.63, 3.8) is 0 Å². The van der Waals surface area contributed by atoms with E-state index >= 15 is 8.78 Å². The molecule has 4 amide bonds. The molecular weight excluding hydrogens is 664 g/mol. The lowest BCUT2D eigenvalue weighted by Crippen LogP contribution is -2.58. The van der Waals surface area contributed by atoms with Crippen LogP contribution in [0.1, 0.15) is 63.0 Å². The van der Waals surface area contributed by atoms with Gasteiger partial charge in [-0.3, -0.25) is 14.5 Å². The van der Waals surface area contributed by atoms with Crippen molar-refractivity contribution >= 4 is 35.4 Å². The van der Waals surface area contributed by atoms with Crippen molar-refractivity contribution in [2.24, 2.45) is 11.8 Å². The van der Waals surface area contributed by atoms with Gasteiger partial charge < -0.3 is 35.1 Å². The number of urea groups is 1. The number of morpholine rings is 1. The predicted molar refractivity (Wildman–Crippen MR) is 179 cm³/mol. The number of nitrogens with zero attached hydrogens (tertiary/aromatic N) is 2. The second kappa shape index (κ2) is 19.4. The summed E-state index contributed by atoms with van der Waals surface area (Å²) in [5.41, 5.74) is 0.794. The van der Waals surface area contributed by atoms with Gasteiger partial charge in [0.1, 0.15) is 0 Å². The number of amides is 4. The van der Waals surface area contributed by atoms with Crippen LogP contribution in [0.5, 0.6) is 0 Å². The van der Waals surface area contributed by atoms with Gasteiger partial charge in [-0.05, 0) is 42.9 Å². The minimum Gasteiger partial charge on any atom is -0.453 e. The average molecular weight is 714 g/mol. The Morgan fingerprint density at radius 1 is 1.02 bits per heavy atom. The van der Waals surface area contributed by atoms with Gasteiger partial charge in [0.05, 0.1) is 39.1 Å². The van der Waals surface area contributed by atoms with E-state index < -0.39 is 41.9 Å². The first kappa shape index (κ1) is 38.7. The number of ketones is 1. The minimum atomic E-state index is -4.31. The zero-order valence-corrected chi connectivity index (χ0v) is 29.0. The van der Waals surface area contributed by atoms with Crippen LogP contribution >= 0.6 is 11.6 Å². The van der Waals surface area contributed by atoms with Gasteiger partial charge >= 0.3 is 18.0 Å². The lowest BCUT2D eigenvalue weighted by Gasteiger charge is -2.38. The molecule has 0 spiro atoms. The summed E-state index contributed by atoms with van der Waals surface area (Å²) in [5.74, 6) is -7.78. The van der Waals surface area contributed by atoms with E-state index in [1.165, 1.54) is 12.0 Å². The Morgan fingerprint density at radius 3 is 2.49 bits per heavy atom. The van der Waals surface area contributed by atoms with Crippen LogP contribution in [0.25, 0.3) is 0 Å². The molecule has 1 saturated carbocycles. The van der Waals surface area contributed by atoms with Crippen molar-refractivity contribution in [3.05, 3.63) is 34.9 Å². The lowest BCUT2D eigenvalue weighted by molar-refractivity contribution is -0.160. The molecule has 15 heteroatoms. The van der Waals surface area contributed by atoms with Crippen LogP contribution in [0.2, 0.25) is 5.02 Å². The minimum absolute atomic E-state index is 0.0171. The van der Waals surface area contributed by atoms with Crippen molar-refractivity contribution in [2.75, 3.05) is 72.7 Å². The highest BCUT2D eigenvalue weighted by molar-refractivity contribution is 6.30. The van der Waals surface area contributed by atoms with Crippen LogP contribution in [0.4, 0.5) is 18.4 Å². The van der Waals surface area contributed by atoms with E-state index in [1.54, 1.807) is 18.2 Å². The summed E-state index contributed by atoms with van der Waals surface area (Å²) in [6.07, 6.45) is 4.71. The number of carbonyl (C=O) groups excluding carboxylic acids is 4. The van der Waals surface area contributed by atoms with Crippen LogP contribution in [0.3, 0.4) is 0 Å². The maximum absolute atomic E-state index is 15.5. The third-order valence-electron chi connectivity index (χ3n) is 9.52. The summed E-state index contributed by atoms with van der Waals surface area (Å²) in [7, 11) is 1.27. The molecule has 3 atom stereocenters. The number of likely N-dealkylation sites (tertiary alicyclic amines) is 1. The van der Waals surface area contributed by atoms with E-state index in [0.29, 0.717) is 57.3 Å². The third kappa shape index (κ3) is 11.8. The van der Waals surface area contributed by atoms with Crippen LogP contribution in [0.15, 0.2) is 24.3 Å². The van der Waals surface area contributed by atoms with Crippen molar-refractivity contribution in [1.29, 1.82) is 0 Å². The number of hydrogen-bond donors (Lipinski definition) is 3. The van der Waals surface area contributed by atoms with Gasteiger partial charge in [-0.1, -0.05) is 55.8 Å². The number of carbonyl (C=O) groups is 4. The maximum Gasteiger partial charge on any atom is 0.406 e.